The maximum Gasteiger partial charge on any atom is 0.327 e. The molecule has 1 aromatic rings. The number of allylic oxidation sites excluding steroid dienone is 1. The fourth-order valence-electron chi connectivity index (χ4n) is 2.78. The minimum atomic E-state index is -0.880. The van der Waals surface area contributed by atoms with E-state index in [1.807, 2.05) is 12.1 Å². The number of carbonyl (C=O) groups is 2. The molecule has 3 N–H and O–H groups in total. The number of carbonyl (C=O) groups excluding carboxylic acids is 1. The third kappa shape index (κ3) is 3.70. The van der Waals surface area contributed by atoms with Gasteiger partial charge in [0.2, 0.25) is 5.91 Å². The van der Waals surface area contributed by atoms with Gasteiger partial charge in [0.05, 0.1) is 0 Å². The summed E-state index contributed by atoms with van der Waals surface area (Å²) in [6, 6.07) is 7.48. The first-order chi connectivity index (χ1) is 9.56. The summed E-state index contributed by atoms with van der Waals surface area (Å²) in [7, 11) is 0. The van der Waals surface area contributed by atoms with Gasteiger partial charge in [0.25, 0.3) is 0 Å². The number of hydrogen-bond donors (Lipinski definition) is 2. The summed E-state index contributed by atoms with van der Waals surface area (Å²) >= 11 is 0. The van der Waals surface area contributed by atoms with Crippen LogP contribution in [-0.2, 0) is 4.79 Å². The number of benzene rings is 1. The Morgan fingerprint density at radius 2 is 1.70 bits per heavy atom. The molecule has 1 aliphatic rings. The minimum Gasteiger partial charge on any atom is -0.478 e. The van der Waals surface area contributed by atoms with E-state index in [2.05, 4.69) is 0 Å². The van der Waals surface area contributed by atoms with Crippen LogP contribution in [0.5, 0.6) is 0 Å². The van der Waals surface area contributed by atoms with Crippen molar-refractivity contribution in [2.75, 3.05) is 0 Å². The summed E-state index contributed by atoms with van der Waals surface area (Å²) in [6.45, 7) is 0. The van der Waals surface area contributed by atoms with Gasteiger partial charge in [0.1, 0.15) is 0 Å². The number of amides is 1. The Bertz CT molecular complexity index is 511. The number of primary amides is 1. The molecule has 4 nitrogen and oxygen atoms in total. The molecule has 0 aliphatic heterocycles. The lowest BCUT2D eigenvalue weighted by atomic mass is 9.78. The predicted octanol–water partition coefficient (Wildman–Crippen LogP) is 2.70. The third-order valence-electron chi connectivity index (χ3n) is 3.95. The second-order valence-electron chi connectivity index (χ2n) is 5.30. The molecule has 0 aromatic heterocycles. The number of hydrogen-bond acceptors (Lipinski definition) is 2. The van der Waals surface area contributed by atoms with Crippen LogP contribution in [0.4, 0.5) is 0 Å². The fraction of sp³-hybridized carbons (Fsp3) is 0.375. The summed E-state index contributed by atoms with van der Waals surface area (Å²) in [5, 5.41) is 8.62. The van der Waals surface area contributed by atoms with Crippen LogP contribution in [0.1, 0.15) is 47.5 Å². The molecule has 1 fully saturated rings. The van der Waals surface area contributed by atoms with E-state index in [1.54, 1.807) is 18.2 Å². The highest BCUT2D eigenvalue weighted by atomic mass is 16.4. The monoisotopic (exact) mass is 273 g/mol. The molecule has 0 heterocycles. The fourth-order valence-corrected chi connectivity index (χ4v) is 2.78. The van der Waals surface area contributed by atoms with Gasteiger partial charge in [-0.25, -0.2) is 4.79 Å². The van der Waals surface area contributed by atoms with Crippen molar-refractivity contribution in [2.45, 2.75) is 31.6 Å². The predicted molar refractivity (Wildman–Crippen MR) is 76.4 cm³/mol. The lowest BCUT2D eigenvalue weighted by molar-refractivity contribution is -0.131. The van der Waals surface area contributed by atoms with Crippen molar-refractivity contribution in [3.63, 3.8) is 0 Å². The Balaban J connectivity index is 1.93. The molecular formula is C16H19NO3. The molecule has 0 spiro atoms. The Labute approximate surface area is 118 Å². The smallest absolute Gasteiger partial charge is 0.327 e. The topological polar surface area (TPSA) is 80.4 Å². The molecule has 0 bridgehead atoms. The van der Waals surface area contributed by atoms with Gasteiger partial charge in [-0.2, -0.15) is 0 Å². The zero-order valence-electron chi connectivity index (χ0n) is 11.3. The van der Waals surface area contributed by atoms with Crippen molar-refractivity contribution in [1.82, 2.24) is 0 Å². The average Bonchev–Trinajstić information content (AvgIpc) is 2.46. The van der Waals surface area contributed by atoms with Gasteiger partial charge in [-0.15, -0.1) is 0 Å². The van der Waals surface area contributed by atoms with Crippen LogP contribution in [0.3, 0.4) is 0 Å². The highest BCUT2D eigenvalue weighted by Gasteiger charge is 2.21. The van der Waals surface area contributed by atoms with Gasteiger partial charge in [-0.3, -0.25) is 4.79 Å². The van der Waals surface area contributed by atoms with Crippen LogP contribution in [0.15, 0.2) is 36.4 Å². The maximum absolute atomic E-state index is 11.0. The molecule has 1 aromatic carbocycles. The number of carboxylic acids is 1. The van der Waals surface area contributed by atoms with Crippen LogP contribution in [0.25, 0.3) is 0 Å². The second kappa shape index (κ2) is 6.37. The maximum atomic E-state index is 11.0. The van der Waals surface area contributed by atoms with E-state index in [0.29, 0.717) is 17.4 Å². The van der Waals surface area contributed by atoms with E-state index < -0.39 is 11.9 Å². The third-order valence-corrected chi connectivity index (χ3v) is 3.95. The van der Waals surface area contributed by atoms with E-state index in [9.17, 15) is 9.59 Å². The molecule has 20 heavy (non-hydrogen) atoms. The van der Waals surface area contributed by atoms with Gasteiger partial charge in [0, 0.05) is 11.6 Å². The highest BCUT2D eigenvalue weighted by molar-refractivity contribution is 5.92. The van der Waals surface area contributed by atoms with E-state index in [-0.39, 0.29) is 0 Å². The first kappa shape index (κ1) is 14.3. The van der Waals surface area contributed by atoms with Gasteiger partial charge in [0.15, 0.2) is 0 Å². The summed E-state index contributed by atoms with van der Waals surface area (Å²) in [4.78, 5) is 21.5. The molecule has 1 saturated carbocycles. The standard InChI is InChI=1S/C16H19NO3/c17-16(20)14-8-6-13(7-9-14)12-4-1-11(2-5-12)3-10-15(18)19/h3,6-12H,1-2,4-5H2,(H2,17,20)(H,18,19)/b10-3+/t11-,12-. The lowest BCUT2D eigenvalue weighted by Gasteiger charge is -2.27. The van der Waals surface area contributed by atoms with Crippen LogP contribution in [-0.4, -0.2) is 17.0 Å². The zero-order valence-corrected chi connectivity index (χ0v) is 11.3. The normalized spacial score (nSPS) is 22.8. The van der Waals surface area contributed by atoms with Crippen molar-refractivity contribution in [3.05, 3.63) is 47.5 Å². The Morgan fingerprint density at radius 1 is 1.10 bits per heavy atom. The minimum absolute atomic E-state index is 0.368. The lowest BCUT2D eigenvalue weighted by Crippen LogP contribution is -2.13. The first-order valence-corrected chi connectivity index (χ1v) is 6.87. The Kier molecular flexibility index (Phi) is 4.56. The van der Waals surface area contributed by atoms with Crippen LogP contribution in [0.2, 0.25) is 0 Å². The molecule has 0 saturated heterocycles. The first-order valence-electron chi connectivity index (χ1n) is 6.87. The molecule has 106 valence electrons. The SMILES string of the molecule is NC(=O)c1ccc([C@H]2CC[C@H](/C=C/C(=O)O)CC2)cc1. The molecule has 0 unspecified atom stereocenters. The number of nitrogens with two attached hydrogens (primary N) is 1. The largest absolute Gasteiger partial charge is 0.478 e. The van der Waals surface area contributed by atoms with E-state index in [0.717, 1.165) is 25.7 Å². The van der Waals surface area contributed by atoms with Crippen molar-refractivity contribution >= 4 is 11.9 Å². The molecule has 2 rings (SSSR count). The Hall–Kier alpha value is -2.10. The second-order valence-corrected chi connectivity index (χ2v) is 5.30. The highest BCUT2D eigenvalue weighted by Crippen LogP contribution is 2.36. The van der Waals surface area contributed by atoms with Crippen LogP contribution >= 0.6 is 0 Å². The van der Waals surface area contributed by atoms with Gasteiger partial charge >= 0.3 is 5.97 Å². The number of carboxylic acid groups (broad SMARTS) is 1. The molecule has 1 amide bonds. The van der Waals surface area contributed by atoms with Crippen LogP contribution in [0, 0.1) is 5.92 Å². The molecule has 1 aliphatic carbocycles. The summed E-state index contributed by atoms with van der Waals surface area (Å²) < 4.78 is 0. The van der Waals surface area contributed by atoms with Crippen LogP contribution < -0.4 is 5.73 Å². The van der Waals surface area contributed by atoms with Crippen molar-refractivity contribution in [3.8, 4) is 0 Å². The van der Waals surface area contributed by atoms with Crippen molar-refractivity contribution in [2.24, 2.45) is 11.7 Å². The van der Waals surface area contributed by atoms with Crippen molar-refractivity contribution in [1.29, 1.82) is 0 Å². The quantitative estimate of drug-likeness (QED) is 0.828. The summed E-state index contributed by atoms with van der Waals surface area (Å²) in [5.74, 6) is -0.424. The number of aliphatic carboxylic acids is 1. The van der Waals surface area contributed by atoms with Gasteiger partial charge < -0.3 is 10.8 Å². The van der Waals surface area contributed by atoms with Crippen molar-refractivity contribution < 1.29 is 14.7 Å². The van der Waals surface area contributed by atoms with E-state index >= 15 is 0 Å². The molecular weight excluding hydrogens is 254 g/mol. The molecule has 0 radical (unpaired) electrons. The zero-order chi connectivity index (χ0) is 14.5. The van der Waals surface area contributed by atoms with Gasteiger partial charge in [-0.05, 0) is 55.2 Å². The number of rotatable bonds is 4. The molecule has 0 atom stereocenters. The van der Waals surface area contributed by atoms with Gasteiger partial charge in [-0.1, -0.05) is 18.2 Å². The Morgan fingerprint density at radius 3 is 2.20 bits per heavy atom. The molecule has 4 heteroatoms. The average molecular weight is 273 g/mol. The summed E-state index contributed by atoms with van der Waals surface area (Å²) in [6.07, 6.45) is 7.15. The summed E-state index contributed by atoms with van der Waals surface area (Å²) in [5.41, 5.74) is 6.99. The van der Waals surface area contributed by atoms with E-state index in [1.165, 1.54) is 11.6 Å². The van der Waals surface area contributed by atoms with E-state index in [4.69, 9.17) is 10.8 Å².